The molecule has 0 aliphatic carbocycles. The van der Waals surface area contributed by atoms with Crippen molar-refractivity contribution in [2.45, 2.75) is 19.3 Å². The molecule has 76 valence electrons. The second-order valence-electron chi connectivity index (χ2n) is 2.93. The van der Waals surface area contributed by atoms with Crippen LogP contribution >= 0.6 is 0 Å². The van der Waals surface area contributed by atoms with Gasteiger partial charge in [-0.3, -0.25) is 4.98 Å². The van der Waals surface area contributed by atoms with Crippen LogP contribution < -0.4 is 0 Å². The quantitative estimate of drug-likeness (QED) is 0.808. The predicted octanol–water partition coefficient (Wildman–Crippen LogP) is 1.65. The highest BCUT2D eigenvalue weighted by atomic mass is 19.3. The summed E-state index contributed by atoms with van der Waals surface area (Å²) in [5, 5.41) is 8.22. The van der Waals surface area contributed by atoms with Crippen molar-refractivity contribution in [2.75, 3.05) is 0 Å². The smallest absolute Gasteiger partial charge is 0.374 e. The van der Waals surface area contributed by atoms with Crippen LogP contribution in [0.15, 0.2) is 18.3 Å². The molecule has 0 bridgehead atoms. The maximum atomic E-state index is 12.8. The van der Waals surface area contributed by atoms with Crippen molar-refractivity contribution in [2.24, 2.45) is 0 Å². The van der Waals surface area contributed by atoms with E-state index in [4.69, 9.17) is 5.11 Å². The third-order valence-electron chi connectivity index (χ3n) is 1.84. The summed E-state index contributed by atoms with van der Waals surface area (Å²) in [6.07, 6.45) is 0.653. The van der Waals surface area contributed by atoms with Crippen molar-refractivity contribution >= 4 is 5.97 Å². The third kappa shape index (κ3) is 2.25. The third-order valence-corrected chi connectivity index (χ3v) is 1.84. The first-order valence-corrected chi connectivity index (χ1v) is 3.95. The highest BCUT2D eigenvalue weighted by Gasteiger charge is 2.39. The first kappa shape index (κ1) is 10.6. The van der Waals surface area contributed by atoms with Crippen LogP contribution in [0.4, 0.5) is 8.78 Å². The summed E-state index contributed by atoms with van der Waals surface area (Å²) in [5.41, 5.74) is 0.674. The van der Waals surface area contributed by atoms with Crippen molar-refractivity contribution in [3.63, 3.8) is 0 Å². The van der Waals surface area contributed by atoms with Crippen LogP contribution in [0.5, 0.6) is 0 Å². The summed E-state index contributed by atoms with van der Waals surface area (Å²) in [6.45, 7) is 1.56. The zero-order chi connectivity index (χ0) is 10.8. The average molecular weight is 201 g/mol. The number of hydrogen-bond donors (Lipinski definition) is 1. The van der Waals surface area contributed by atoms with Gasteiger partial charge in [-0.1, -0.05) is 6.07 Å². The molecule has 5 heteroatoms. The van der Waals surface area contributed by atoms with Gasteiger partial charge in [-0.2, -0.15) is 8.78 Å². The van der Waals surface area contributed by atoms with Crippen molar-refractivity contribution in [1.29, 1.82) is 0 Å². The van der Waals surface area contributed by atoms with Crippen LogP contribution in [0.3, 0.4) is 0 Å². The van der Waals surface area contributed by atoms with Crippen LogP contribution in [0.1, 0.15) is 11.3 Å². The van der Waals surface area contributed by atoms with E-state index in [-0.39, 0.29) is 5.56 Å². The maximum absolute atomic E-state index is 12.8. The zero-order valence-corrected chi connectivity index (χ0v) is 7.50. The minimum Gasteiger partial charge on any atom is -0.477 e. The van der Waals surface area contributed by atoms with E-state index < -0.39 is 18.3 Å². The van der Waals surface area contributed by atoms with Gasteiger partial charge in [0, 0.05) is 18.3 Å². The predicted molar refractivity (Wildman–Crippen MR) is 45.3 cm³/mol. The lowest BCUT2D eigenvalue weighted by atomic mass is 10.1. The Morgan fingerprint density at radius 3 is 2.79 bits per heavy atom. The lowest BCUT2D eigenvalue weighted by molar-refractivity contribution is -0.164. The molecule has 3 nitrogen and oxygen atoms in total. The molecule has 1 heterocycles. The van der Waals surface area contributed by atoms with Gasteiger partial charge < -0.3 is 5.11 Å². The van der Waals surface area contributed by atoms with Crippen molar-refractivity contribution < 1.29 is 18.7 Å². The lowest BCUT2D eigenvalue weighted by Crippen LogP contribution is -2.31. The summed E-state index contributed by atoms with van der Waals surface area (Å²) in [6, 6.07) is 2.94. The van der Waals surface area contributed by atoms with Gasteiger partial charge in [0.2, 0.25) is 0 Å². The van der Waals surface area contributed by atoms with Gasteiger partial charge in [0.25, 0.3) is 0 Å². The van der Waals surface area contributed by atoms with E-state index in [1.807, 2.05) is 0 Å². The van der Waals surface area contributed by atoms with E-state index in [0.717, 1.165) is 0 Å². The van der Waals surface area contributed by atoms with Crippen LogP contribution in [0.25, 0.3) is 0 Å². The number of aliphatic carboxylic acids is 1. The molecule has 1 N–H and O–H groups in total. The molecular formula is C9H9F2NO2. The summed E-state index contributed by atoms with van der Waals surface area (Å²) >= 11 is 0. The SMILES string of the molecule is Cc1ncccc1CC(F)(F)C(=O)O. The molecule has 14 heavy (non-hydrogen) atoms. The van der Waals surface area contributed by atoms with E-state index in [9.17, 15) is 13.6 Å². The van der Waals surface area contributed by atoms with Gasteiger partial charge in [-0.05, 0) is 18.6 Å². The molecule has 0 radical (unpaired) electrons. The number of rotatable bonds is 3. The number of halogens is 2. The molecule has 0 aliphatic rings. The normalized spacial score (nSPS) is 11.4. The number of aryl methyl sites for hydroxylation is 1. The van der Waals surface area contributed by atoms with E-state index in [2.05, 4.69) is 4.98 Å². The number of alkyl halides is 2. The van der Waals surface area contributed by atoms with Crippen LogP contribution in [-0.2, 0) is 11.2 Å². The Morgan fingerprint density at radius 1 is 1.64 bits per heavy atom. The summed E-state index contributed by atoms with van der Waals surface area (Å²) in [4.78, 5) is 14.0. The number of aromatic nitrogens is 1. The van der Waals surface area contributed by atoms with Crippen molar-refractivity contribution in [3.05, 3.63) is 29.6 Å². The molecule has 0 aromatic carbocycles. The Bertz CT molecular complexity index is 352. The van der Waals surface area contributed by atoms with Crippen LogP contribution in [-0.4, -0.2) is 22.0 Å². The summed E-state index contributed by atoms with van der Waals surface area (Å²) < 4.78 is 25.6. The van der Waals surface area contributed by atoms with Gasteiger partial charge >= 0.3 is 11.9 Å². The Labute approximate surface area is 79.4 Å². The Balaban J connectivity index is 2.89. The van der Waals surface area contributed by atoms with Gasteiger partial charge in [-0.25, -0.2) is 4.79 Å². The minimum atomic E-state index is -3.73. The summed E-state index contributed by atoms with van der Waals surface area (Å²) in [5.74, 6) is -5.84. The highest BCUT2D eigenvalue weighted by molar-refractivity contribution is 5.75. The zero-order valence-electron chi connectivity index (χ0n) is 7.50. The molecule has 1 aromatic rings. The standard InChI is InChI=1S/C9H9F2NO2/c1-6-7(3-2-4-12-6)5-9(10,11)8(13)14/h2-4H,5H2,1H3,(H,13,14). The number of nitrogens with zero attached hydrogens (tertiary/aromatic N) is 1. The lowest BCUT2D eigenvalue weighted by Gasteiger charge is -2.11. The van der Waals surface area contributed by atoms with E-state index >= 15 is 0 Å². The number of hydrogen-bond acceptors (Lipinski definition) is 2. The van der Waals surface area contributed by atoms with Gasteiger partial charge in [-0.15, -0.1) is 0 Å². The van der Waals surface area contributed by atoms with Gasteiger partial charge in [0.05, 0.1) is 0 Å². The van der Waals surface area contributed by atoms with Gasteiger partial charge in [0.15, 0.2) is 0 Å². The molecule has 0 saturated carbocycles. The van der Waals surface area contributed by atoms with E-state index in [0.29, 0.717) is 5.69 Å². The molecule has 0 amide bonds. The molecule has 0 spiro atoms. The maximum Gasteiger partial charge on any atom is 0.374 e. The van der Waals surface area contributed by atoms with Crippen LogP contribution in [0, 0.1) is 6.92 Å². The minimum absolute atomic E-state index is 0.250. The summed E-state index contributed by atoms with van der Waals surface area (Å²) in [7, 11) is 0. The molecule has 1 aromatic heterocycles. The number of carboxylic acids is 1. The fourth-order valence-electron chi connectivity index (χ4n) is 1.02. The number of pyridine rings is 1. The van der Waals surface area contributed by atoms with E-state index in [1.54, 1.807) is 6.92 Å². The molecule has 0 atom stereocenters. The first-order valence-electron chi connectivity index (χ1n) is 3.95. The fraction of sp³-hybridized carbons (Fsp3) is 0.333. The van der Waals surface area contributed by atoms with Crippen LogP contribution in [0.2, 0.25) is 0 Å². The Hall–Kier alpha value is -1.52. The van der Waals surface area contributed by atoms with E-state index in [1.165, 1.54) is 18.3 Å². The molecule has 0 fully saturated rings. The van der Waals surface area contributed by atoms with Crippen molar-refractivity contribution in [3.8, 4) is 0 Å². The molecule has 0 aliphatic heterocycles. The molecule has 1 rings (SSSR count). The molecule has 0 unspecified atom stereocenters. The largest absolute Gasteiger partial charge is 0.477 e. The molecular weight excluding hydrogens is 192 g/mol. The fourth-order valence-corrected chi connectivity index (χ4v) is 1.02. The number of carboxylic acid groups (broad SMARTS) is 1. The highest BCUT2D eigenvalue weighted by Crippen LogP contribution is 2.21. The number of carbonyl (C=O) groups is 1. The second kappa shape index (κ2) is 3.69. The molecule has 0 saturated heterocycles. The Morgan fingerprint density at radius 2 is 2.29 bits per heavy atom. The Kier molecular flexibility index (Phi) is 2.78. The monoisotopic (exact) mass is 201 g/mol. The van der Waals surface area contributed by atoms with Gasteiger partial charge in [0.1, 0.15) is 0 Å². The second-order valence-corrected chi connectivity index (χ2v) is 2.93. The van der Waals surface area contributed by atoms with Crippen molar-refractivity contribution in [1.82, 2.24) is 4.98 Å². The first-order chi connectivity index (χ1) is 6.43. The average Bonchev–Trinajstić information content (AvgIpc) is 2.08. The topological polar surface area (TPSA) is 50.2 Å².